The lowest BCUT2D eigenvalue weighted by molar-refractivity contribution is 0.620. The molecular weight excluding hydrogens is 372 g/mol. The molecule has 0 spiro atoms. The number of rotatable bonds is 3. The van der Waals surface area contributed by atoms with Crippen LogP contribution in [0.15, 0.2) is 24.5 Å². The average molecular weight is 385 g/mol. The molecule has 7 heteroatoms. The maximum Gasteiger partial charge on any atom is 0.201 e. The zero-order valence-electron chi connectivity index (χ0n) is 10.8. The molecule has 0 unspecified atom stereocenters. The topological polar surface area (TPSA) is 61.7 Å². The van der Waals surface area contributed by atoms with Gasteiger partial charge in [-0.25, -0.2) is 9.37 Å². The molecule has 3 rings (SSSR count). The minimum Gasteiger partial charge on any atom is -0.369 e. The highest BCUT2D eigenvalue weighted by atomic mass is 127. The van der Waals surface area contributed by atoms with E-state index in [1.807, 2.05) is 46.6 Å². The lowest BCUT2D eigenvalue weighted by Crippen LogP contribution is -2.05. The second kappa shape index (κ2) is 5.04. The van der Waals surface area contributed by atoms with Crippen molar-refractivity contribution in [1.82, 2.24) is 19.3 Å². The van der Waals surface area contributed by atoms with Crippen molar-refractivity contribution < 1.29 is 4.39 Å². The average Bonchev–Trinajstić information content (AvgIpc) is 2.92. The second-order valence-electron chi connectivity index (χ2n) is 4.65. The van der Waals surface area contributed by atoms with Gasteiger partial charge in [0.1, 0.15) is 5.82 Å². The minimum atomic E-state index is -0.249. The predicted molar refractivity (Wildman–Crippen MR) is 83.7 cm³/mol. The van der Waals surface area contributed by atoms with Crippen LogP contribution in [0, 0.1) is 9.39 Å². The molecule has 104 valence electrons. The molecule has 3 aromatic rings. The zero-order chi connectivity index (χ0) is 14.3. The number of nitrogens with zero attached hydrogens (tertiary/aromatic N) is 4. The van der Waals surface area contributed by atoms with E-state index < -0.39 is 0 Å². The first-order chi connectivity index (χ1) is 9.54. The molecule has 0 amide bonds. The van der Waals surface area contributed by atoms with Crippen molar-refractivity contribution in [2.45, 2.75) is 13.0 Å². The van der Waals surface area contributed by atoms with Crippen LogP contribution in [-0.4, -0.2) is 19.3 Å². The van der Waals surface area contributed by atoms with E-state index in [-0.39, 0.29) is 5.82 Å². The Morgan fingerprint density at radius 2 is 2.20 bits per heavy atom. The quantitative estimate of drug-likeness (QED) is 0.705. The third-order valence-electron chi connectivity index (χ3n) is 3.20. The third kappa shape index (κ3) is 2.37. The van der Waals surface area contributed by atoms with E-state index in [1.54, 1.807) is 10.7 Å². The molecule has 5 nitrogen and oxygen atoms in total. The fourth-order valence-electron chi connectivity index (χ4n) is 2.22. The van der Waals surface area contributed by atoms with Gasteiger partial charge < -0.3 is 10.3 Å². The second-order valence-corrected chi connectivity index (χ2v) is 5.81. The number of fused-ring (bicyclic) bond motifs is 1. The predicted octanol–water partition coefficient (Wildman–Crippen LogP) is 2.34. The van der Waals surface area contributed by atoms with Gasteiger partial charge in [-0.05, 0) is 40.6 Å². The lowest BCUT2D eigenvalue weighted by atomic mass is 10.2. The number of aromatic nitrogens is 4. The van der Waals surface area contributed by atoms with Crippen LogP contribution in [0.3, 0.4) is 0 Å². The van der Waals surface area contributed by atoms with Crippen LogP contribution in [0.2, 0.25) is 0 Å². The first kappa shape index (κ1) is 13.3. The van der Waals surface area contributed by atoms with Crippen LogP contribution in [0.5, 0.6) is 0 Å². The van der Waals surface area contributed by atoms with Gasteiger partial charge in [-0.3, -0.25) is 4.68 Å². The van der Waals surface area contributed by atoms with E-state index in [4.69, 9.17) is 5.73 Å². The fraction of sp³-hybridized carbons (Fsp3) is 0.231. The summed E-state index contributed by atoms with van der Waals surface area (Å²) >= 11 is 1.95. The molecule has 2 aromatic heterocycles. The molecule has 1 aromatic carbocycles. The molecule has 0 atom stereocenters. The van der Waals surface area contributed by atoms with E-state index in [9.17, 15) is 4.39 Å². The lowest BCUT2D eigenvalue weighted by Gasteiger charge is -2.05. The highest BCUT2D eigenvalue weighted by Gasteiger charge is 2.11. The van der Waals surface area contributed by atoms with Crippen molar-refractivity contribution in [3.05, 3.63) is 39.5 Å². The number of aryl methyl sites for hydroxylation is 3. The monoisotopic (exact) mass is 385 g/mol. The van der Waals surface area contributed by atoms with Gasteiger partial charge in [0.25, 0.3) is 0 Å². The number of anilines is 1. The van der Waals surface area contributed by atoms with E-state index in [2.05, 4.69) is 10.1 Å². The summed E-state index contributed by atoms with van der Waals surface area (Å²) in [5.41, 5.74) is 8.49. The van der Waals surface area contributed by atoms with Gasteiger partial charge in [0.2, 0.25) is 5.95 Å². The number of hydrogen-bond acceptors (Lipinski definition) is 3. The first-order valence-corrected chi connectivity index (χ1v) is 7.21. The number of imidazole rings is 1. The van der Waals surface area contributed by atoms with Crippen LogP contribution >= 0.6 is 22.6 Å². The molecule has 0 aliphatic carbocycles. The highest BCUT2D eigenvalue weighted by molar-refractivity contribution is 14.1. The standard InChI is InChI=1S/C13H13FIN5/c1-19-7-8(6-17-19)2-3-20-12-4-9(14)10(15)5-11(12)18-13(20)16/h4-7H,2-3H2,1H3,(H2,16,18). The summed E-state index contributed by atoms with van der Waals surface area (Å²) < 4.78 is 17.8. The summed E-state index contributed by atoms with van der Waals surface area (Å²) in [5.74, 6) is 0.158. The molecule has 0 bridgehead atoms. The van der Waals surface area contributed by atoms with E-state index in [0.29, 0.717) is 16.1 Å². The van der Waals surface area contributed by atoms with Crippen LogP contribution in [-0.2, 0) is 20.0 Å². The summed E-state index contributed by atoms with van der Waals surface area (Å²) in [6, 6.07) is 3.20. The van der Waals surface area contributed by atoms with E-state index in [1.165, 1.54) is 6.07 Å². The third-order valence-corrected chi connectivity index (χ3v) is 4.03. The van der Waals surface area contributed by atoms with Crippen molar-refractivity contribution in [3.8, 4) is 0 Å². The van der Waals surface area contributed by atoms with Gasteiger partial charge in [0.15, 0.2) is 0 Å². The number of benzene rings is 1. The van der Waals surface area contributed by atoms with E-state index >= 15 is 0 Å². The van der Waals surface area contributed by atoms with Gasteiger partial charge in [0, 0.05) is 25.9 Å². The van der Waals surface area contributed by atoms with Crippen molar-refractivity contribution in [3.63, 3.8) is 0 Å². The van der Waals surface area contributed by atoms with Crippen LogP contribution in [0.25, 0.3) is 11.0 Å². The summed E-state index contributed by atoms with van der Waals surface area (Å²) in [7, 11) is 1.88. The van der Waals surface area contributed by atoms with Gasteiger partial charge >= 0.3 is 0 Å². The molecule has 0 aliphatic rings. The zero-order valence-corrected chi connectivity index (χ0v) is 13.0. The van der Waals surface area contributed by atoms with Crippen molar-refractivity contribution in [2.24, 2.45) is 7.05 Å². The van der Waals surface area contributed by atoms with Crippen molar-refractivity contribution in [2.75, 3.05) is 5.73 Å². The minimum absolute atomic E-state index is 0.249. The Morgan fingerprint density at radius 3 is 2.90 bits per heavy atom. The molecule has 0 aliphatic heterocycles. The van der Waals surface area contributed by atoms with Gasteiger partial charge in [0.05, 0.1) is 20.8 Å². The van der Waals surface area contributed by atoms with Crippen LogP contribution < -0.4 is 5.73 Å². The Labute approximate surface area is 128 Å². The Morgan fingerprint density at radius 1 is 1.40 bits per heavy atom. The van der Waals surface area contributed by atoms with Crippen LogP contribution in [0.1, 0.15) is 5.56 Å². The maximum atomic E-state index is 13.7. The molecule has 0 saturated heterocycles. The molecule has 0 radical (unpaired) electrons. The molecule has 2 N–H and O–H groups in total. The summed E-state index contributed by atoms with van der Waals surface area (Å²) in [4.78, 5) is 4.28. The highest BCUT2D eigenvalue weighted by Crippen LogP contribution is 2.23. The van der Waals surface area contributed by atoms with E-state index in [0.717, 1.165) is 23.0 Å². The van der Waals surface area contributed by atoms with Crippen molar-refractivity contribution >= 4 is 39.6 Å². The summed E-state index contributed by atoms with van der Waals surface area (Å²) in [6.45, 7) is 0.647. The maximum absolute atomic E-state index is 13.7. The van der Waals surface area contributed by atoms with Gasteiger partial charge in [-0.1, -0.05) is 0 Å². The smallest absolute Gasteiger partial charge is 0.201 e. The molecule has 2 heterocycles. The molecule has 0 saturated carbocycles. The number of nitrogens with two attached hydrogens (primary N) is 1. The molecule has 0 fully saturated rings. The Hall–Kier alpha value is -1.64. The summed E-state index contributed by atoms with van der Waals surface area (Å²) in [5, 5.41) is 4.13. The van der Waals surface area contributed by atoms with Crippen molar-refractivity contribution in [1.29, 1.82) is 0 Å². The molecular formula is C13H13FIN5. The van der Waals surface area contributed by atoms with Crippen LogP contribution in [0.4, 0.5) is 10.3 Å². The Bertz CT molecular complexity index is 777. The van der Waals surface area contributed by atoms with Gasteiger partial charge in [-0.2, -0.15) is 5.10 Å². The summed E-state index contributed by atoms with van der Waals surface area (Å²) in [6.07, 6.45) is 4.55. The molecule has 20 heavy (non-hydrogen) atoms. The van der Waals surface area contributed by atoms with Gasteiger partial charge in [-0.15, -0.1) is 0 Å². The first-order valence-electron chi connectivity index (χ1n) is 6.13. The number of halogens is 2. The Balaban J connectivity index is 1.94. The SMILES string of the molecule is Cn1cc(CCn2c(N)nc3cc(I)c(F)cc32)cn1. The normalized spacial score (nSPS) is 11.3. The largest absolute Gasteiger partial charge is 0.369 e. The Kier molecular flexibility index (Phi) is 3.36. The fourth-order valence-corrected chi connectivity index (χ4v) is 2.67. The number of hydrogen-bond donors (Lipinski definition) is 1. The number of nitrogen functional groups attached to an aromatic ring is 1.